The number of guanidine groups is 1. The van der Waals surface area contributed by atoms with E-state index in [0.29, 0.717) is 11.4 Å². The molecule has 1 fully saturated rings. The van der Waals surface area contributed by atoms with Crippen LogP contribution < -0.4 is 10.1 Å². The predicted octanol–water partition coefficient (Wildman–Crippen LogP) is 4.46. The number of carbonyl (C=O) groups excluding carboxylic acids is 1. The largest absolute Gasteiger partial charge is 0.491 e. The third-order valence-electron chi connectivity index (χ3n) is 4.33. The van der Waals surface area contributed by atoms with Crippen molar-refractivity contribution in [2.45, 2.75) is 38.8 Å². The van der Waals surface area contributed by atoms with Gasteiger partial charge in [0.2, 0.25) is 5.91 Å². The van der Waals surface area contributed by atoms with Crippen LogP contribution in [-0.4, -0.2) is 29.9 Å². The van der Waals surface area contributed by atoms with Gasteiger partial charge in [-0.1, -0.05) is 11.6 Å². The predicted molar refractivity (Wildman–Crippen MR) is 106 cm³/mol. The van der Waals surface area contributed by atoms with E-state index in [1.807, 2.05) is 44.4 Å². The molecule has 1 aromatic carbocycles. The van der Waals surface area contributed by atoms with Gasteiger partial charge in [0.05, 0.1) is 18.1 Å². The summed E-state index contributed by atoms with van der Waals surface area (Å²) in [5.74, 6) is 0.784. The number of hydrogen-bond donors (Lipinski definition) is 2. The molecule has 1 unspecified atom stereocenters. The Morgan fingerprint density at radius 2 is 2.04 bits per heavy atom. The molecule has 1 amide bonds. The van der Waals surface area contributed by atoms with Crippen LogP contribution in [0.1, 0.15) is 32.1 Å². The lowest BCUT2D eigenvalue weighted by atomic mass is 9.92. The first-order valence-corrected chi connectivity index (χ1v) is 9.63. The van der Waals surface area contributed by atoms with E-state index < -0.39 is 5.54 Å². The Balaban J connectivity index is 1.92. The second kappa shape index (κ2) is 6.93. The zero-order valence-corrected chi connectivity index (χ0v) is 16.8. The lowest BCUT2D eigenvalue weighted by Crippen LogP contribution is -2.57. The number of ether oxygens (including phenoxy) is 1. The van der Waals surface area contributed by atoms with E-state index in [0.717, 1.165) is 21.8 Å². The fraction of sp³-hybridized carbons (Fsp3) is 0.368. The highest BCUT2D eigenvalue weighted by Gasteiger charge is 2.38. The normalized spacial score (nSPS) is 20.5. The number of nitrogens with zero attached hydrogens (tertiary/aromatic N) is 1. The number of benzene rings is 1. The van der Waals surface area contributed by atoms with Crippen molar-refractivity contribution >= 4 is 34.8 Å². The number of nitrogens with one attached hydrogen (secondary N) is 2. The molecule has 1 atom stereocenters. The van der Waals surface area contributed by atoms with Crippen LogP contribution in [0.15, 0.2) is 29.6 Å². The maximum atomic E-state index is 12.2. The first kappa shape index (κ1) is 18.7. The molecule has 5 nitrogen and oxygen atoms in total. The summed E-state index contributed by atoms with van der Waals surface area (Å²) in [6.07, 6.45) is 0.377. The zero-order chi connectivity index (χ0) is 19.1. The Kier molecular flexibility index (Phi) is 4.99. The van der Waals surface area contributed by atoms with E-state index >= 15 is 0 Å². The van der Waals surface area contributed by atoms with Crippen molar-refractivity contribution in [3.63, 3.8) is 0 Å². The van der Waals surface area contributed by atoms with Crippen molar-refractivity contribution in [1.82, 2.24) is 10.2 Å². The van der Waals surface area contributed by atoms with E-state index in [1.54, 1.807) is 24.5 Å². The van der Waals surface area contributed by atoms with Crippen molar-refractivity contribution in [1.29, 1.82) is 5.41 Å². The molecule has 0 radical (unpaired) electrons. The van der Waals surface area contributed by atoms with Gasteiger partial charge in [-0.05, 0) is 61.5 Å². The van der Waals surface area contributed by atoms with E-state index in [9.17, 15) is 4.79 Å². The fourth-order valence-corrected chi connectivity index (χ4v) is 4.19. The molecule has 1 saturated heterocycles. The van der Waals surface area contributed by atoms with E-state index in [-0.39, 0.29) is 18.0 Å². The summed E-state index contributed by atoms with van der Waals surface area (Å²) >= 11 is 7.82. The van der Waals surface area contributed by atoms with Crippen LogP contribution in [0.5, 0.6) is 5.75 Å². The van der Waals surface area contributed by atoms with Crippen LogP contribution >= 0.6 is 22.9 Å². The molecule has 1 aromatic heterocycles. The maximum absolute atomic E-state index is 12.2. The summed E-state index contributed by atoms with van der Waals surface area (Å²) in [7, 11) is 1.61. The van der Waals surface area contributed by atoms with Gasteiger partial charge < -0.3 is 10.1 Å². The Morgan fingerprint density at radius 3 is 2.69 bits per heavy atom. The molecular formula is C19H22ClN3O2S. The average molecular weight is 392 g/mol. The van der Waals surface area contributed by atoms with Gasteiger partial charge in [-0.15, -0.1) is 11.3 Å². The first-order valence-electron chi connectivity index (χ1n) is 8.38. The van der Waals surface area contributed by atoms with Crippen LogP contribution in [0.3, 0.4) is 0 Å². The Bertz CT molecular complexity index is 844. The van der Waals surface area contributed by atoms with Gasteiger partial charge in [-0.25, -0.2) is 0 Å². The third-order valence-corrected chi connectivity index (χ3v) is 5.74. The molecule has 1 aliphatic rings. The van der Waals surface area contributed by atoms with Crippen molar-refractivity contribution in [2.24, 2.45) is 0 Å². The van der Waals surface area contributed by atoms with Gasteiger partial charge in [0.15, 0.2) is 5.96 Å². The van der Waals surface area contributed by atoms with Gasteiger partial charge in [0, 0.05) is 16.9 Å². The summed E-state index contributed by atoms with van der Waals surface area (Å²) in [6, 6.07) is 7.72. The Hall–Kier alpha value is -2.05. The summed E-state index contributed by atoms with van der Waals surface area (Å²) in [5.41, 5.74) is 1.40. The lowest BCUT2D eigenvalue weighted by molar-refractivity contribution is -0.129. The summed E-state index contributed by atoms with van der Waals surface area (Å²) in [4.78, 5) is 14.5. The zero-order valence-electron chi connectivity index (χ0n) is 15.2. The Labute approximate surface area is 162 Å². The third kappa shape index (κ3) is 3.71. The highest BCUT2D eigenvalue weighted by Crippen LogP contribution is 2.38. The van der Waals surface area contributed by atoms with Gasteiger partial charge in [-0.3, -0.25) is 15.1 Å². The minimum atomic E-state index is -0.584. The maximum Gasteiger partial charge on any atom is 0.231 e. The molecule has 1 aliphatic heterocycles. The molecule has 7 heteroatoms. The number of thiophene rings is 1. The molecule has 138 valence electrons. The van der Waals surface area contributed by atoms with Gasteiger partial charge in [0.25, 0.3) is 0 Å². The van der Waals surface area contributed by atoms with E-state index in [1.165, 1.54) is 4.90 Å². The summed E-state index contributed by atoms with van der Waals surface area (Å²) < 4.78 is 5.77. The molecule has 3 rings (SSSR count). The van der Waals surface area contributed by atoms with Crippen LogP contribution in [0, 0.1) is 5.41 Å². The SMILES string of the molecule is CC(C)Oc1cc(Cl)cc(-c2csc(C3(C)CC(=O)N(C)C(=N)N3)c2)c1. The molecule has 2 aromatic rings. The Morgan fingerprint density at radius 1 is 1.31 bits per heavy atom. The number of rotatable bonds is 4. The molecule has 0 aliphatic carbocycles. The summed E-state index contributed by atoms with van der Waals surface area (Å²) in [6.45, 7) is 5.90. The molecular weight excluding hydrogens is 370 g/mol. The molecule has 0 bridgehead atoms. The highest BCUT2D eigenvalue weighted by molar-refractivity contribution is 7.10. The summed E-state index contributed by atoms with van der Waals surface area (Å²) in [5, 5.41) is 13.8. The molecule has 26 heavy (non-hydrogen) atoms. The molecule has 0 saturated carbocycles. The highest BCUT2D eigenvalue weighted by atomic mass is 35.5. The van der Waals surface area contributed by atoms with Crippen molar-refractivity contribution in [3.8, 4) is 16.9 Å². The number of carbonyl (C=O) groups is 1. The van der Waals surface area contributed by atoms with Crippen LogP contribution in [0.4, 0.5) is 0 Å². The second-order valence-electron chi connectivity index (χ2n) is 6.98. The lowest BCUT2D eigenvalue weighted by Gasteiger charge is -2.38. The fourth-order valence-electron chi connectivity index (χ4n) is 2.93. The quantitative estimate of drug-likeness (QED) is 0.808. The number of hydrogen-bond acceptors (Lipinski definition) is 4. The van der Waals surface area contributed by atoms with E-state index in [2.05, 4.69) is 5.32 Å². The smallest absolute Gasteiger partial charge is 0.231 e. The van der Waals surface area contributed by atoms with Gasteiger partial charge >= 0.3 is 0 Å². The second-order valence-corrected chi connectivity index (χ2v) is 8.32. The van der Waals surface area contributed by atoms with Crippen molar-refractivity contribution in [2.75, 3.05) is 7.05 Å². The van der Waals surface area contributed by atoms with Crippen LogP contribution in [0.2, 0.25) is 5.02 Å². The average Bonchev–Trinajstić information content (AvgIpc) is 3.02. The van der Waals surface area contributed by atoms with Crippen LogP contribution in [0.25, 0.3) is 11.1 Å². The monoisotopic (exact) mass is 391 g/mol. The molecule has 2 heterocycles. The van der Waals surface area contributed by atoms with Crippen molar-refractivity contribution in [3.05, 3.63) is 39.5 Å². The first-order chi connectivity index (χ1) is 12.2. The van der Waals surface area contributed by atoms with E-state index in [4.69, 9.17) is 21.7 Å². The standard InChI is InChI=1S/C19H22ClN3O2S/c1-11(2)25-15-6-12(5-14(20)8-15)13-7-16(26-10-13)19(3)9-17(24)23(4)18(21)22-19/h5-8,10-11H,9H2,1-4H3,(H2,21,22). The minimum Gasteiger partial charge on any atom is -0.491 e. The molecule has 2 N–H and O–H groups in total. The topological polar surface area (TPSA) is 65.4 Å². The van der Waals surface area contributed by atoms with Crippen LogP contribution in [-0.2, 0) is 10.3 Å². The van der Waals surface area contributed by atoms with Gasteiger partial charge in [0.1, 0.15) is 5.75 Å². The number of halogens is 1. The minimum absolute atomic E-state index is 0.0680. The van der Waals surface area contributed by atoms with Gasteiger partial charge in [-0.2, -0.15) is 0 Å². The van der Waals surface area contributed by atoms with Crippen molar-refractivity contribution < 1.29 is 9.53 Å². The molecule has 0 spiro atoms. The number of amides is 1.